The molecule has 0 amide bonds. The Balaban J connectivity index is 2.26. The molecule has 0 radical (unpaired) electrons. The molecule has 4 nitrogen and oxygen atoms in total. The zero-order chi connectivity index (χ0) is 14.8. The summed E-state index contributed by atoms with van der Waals surface area (Å²) in [6.07, 6.45) is 2.75. The summed E-state index contributed by atoms with van der Waals surface area (Å²) >= 11 is 6.10. The van der Waals surface area contributed by atoms with Gasteiger partial charge in [0.25, 0.3) is 0 Å². The lowest BCUT2D eigenvalue weighted by molar-refractivity contribution is 0.181. The Hall–Kier alpha value is -1.65. The molecule has 5 heteroatoms. The lowest BCUT2D eigenvalue weighted by Crippen LogP contribution is -2.11. The summed E-state index contributed by atoms with van der Waals surface area (Å²) in [6.45, 7) is 2.89. The molecule has 1 atom stereocenters. The molecule has 0 aliphatic rings. The summed E-state index contributed by atoms with van der Waals surface area (Å²) in [5, 5.41) is 1.11. The second-order valence-electron chi connectivity index (χ2n) is 5.17. The highest BCUT2D eigenvalue weighted by Crippen LogP contribution is 2.29. The minimum Gasteiger partial charge on any atom is -0.385 e. The van der Waals surface area contributed by atoms with E-state index in [9.17, 15) is 0 Å². The number of rotatable bonds is 5. The summed E-state index contributed by atoms with van der Waals surface area (Å²) in [5.74, 6) is 1.27. The second kappa shape index (κ2) is 6.00. The van der Waals surface area contributed by atoms with Crippen LogP contribution < -0.4 is 0 Å². The molecule has 0 saturated carbocycles. The van der Waals surface area contributed by atoms with Crippen molar-refractivity contribution in [3.8, 4) is 0 Å². The Labute approximate surface area is 128 Å². The summed E-state index contributed by atoms with van der Waals surface area (Å²) in [5.41, 5.74) is 2.99. The van der Waals surface area contributed by atoms with Gasteiger partial charge in [-0.15, -0.1) is 11.6 Å². The van der Waals surface area contributed by atoms with Gasteiger partial charge in [0.15, 0.2) is 0 Å². The van der Waals surface area contributed by atoms with E-state index in [2.05, 4.69) is 27.5 Å². The fourth-order valence-electron chi connectivity index (χ4n) is 2.76. The molecule has 1 aromatic carbocycles. The maximum Gasteiger partial charge on any atom is 0.125 e. The highest BCUT2D eigenvalue weighted by molar-refractivity contribution is 6.17. The van der Waals surface area contributed by atoms with Crippen molar-refractivity contribution < 1.29 is 4.74 Å². The van der Waals surface area contributed by atoms with E-state index in [4.69, 9.17) is 16.3 Å². The molecular weight excluding hydrogens is 286 g/mol. The first kappa shape index (κ1) is 14.3. The van der Waals surface area contributed by atoms with Crippen molar-refractivity contribution in [2.45, 2.75) is 25.3 Å². The van der Waals surface area contributed by atoms with Crippen LogP contribution in [0.1, 0.15) is 25.2 Å². The maximum atomic E-state index is 6.10. The van der Waals surface area contributed by atoms with E-state index in [1.807, 2.05) is 24.4 Å². The number of benzene rings is 1. The lowest BCUT2D eigenvalue weighted by atomic mass is 10.1. The van der Waals surface area contributed by atoms with Gasteiger partial charge in [-0.3, -0.25) is 4.98 Å². The number of halogens is 1. The molecule has 110 valence electrons. The van der Waals surface area contributed by atoms with Gasteiger partial charge in [-0.1, -0.05) is 18.2 Å². The number of nitrogens with zero attached hydrogens (tertiary/aromatic N) is 3. The number of para-hydroxylation sites is 1. The maximum absolute atomic E-state index is 6.10. The zero-order valence-corrected chi connectivity index (χ0v) is 13.0. The van der Waals surface area contributed by atoms with Gasteiger partial charge in [0.05, 0.1) is 23.1 Å². The molecule has 0 bridgehead atoms. The Morgan fingerprint density at radius 3 is 2.86 bits per heavy atom. The molecule has 21 heavy (non-hydrogen) atoms. The van der Waals surface area contributed by atoms with Crippen molar-refractivity contribution in [2.75, 3.05) is 13.7 Å². The van der Waals surface area contributed by atoms with E-state index < -0.39 is 0 Å². The Bertz CT molecular complexity index is 769. The second-order valence-corrected chi connectivity index (χ2v) is 5.44. The van der Waals surface area contributed by atoms with E-state index in [1.54, 1.807) is 7.11 Å². The van der Waals surface area contributed by atoms with Crippen molar-refractivity contribution >= 4 is 33.5 Å². The van der Waals surface area contributed by atoms with Crippen LogP contribution in [0.3, 0.4) is 0 Å². The van der Waals surface area contributed by atoms with Gasteiger partial charge in [0, 0.05) is 25.1 Å². The Kier molecular flexibility index (Phi) is 4.08. The predicted octanol–water partition coefficient (Wildman–Crippen LogP) is 3.92. The molecule has 0 fully saturated rings. The zero-order valence-electron chi connectivity index (χ0n) is 12.2. The van der Waals surface area contributed by atoms with Crippen LogP contribution in [0.5, 0.6) is 0 Å². The van der Waals surface area contributed by atoms with Crippen LogP contribution in [0.15, 0.2) is 30.5 Å². The van der Waals surface area contributed by atoms with Crippen LogP contribution >= 0.6 is 11.6 Å². The van der Waals surface area contributed by atoms with Gasteiger partial charge in [-0.05, 0) is 19.4 Å². The van der Waals surface area contributed by atoms with Crippen LogP contribution in [0.2, 0.25) is 0 Å². The third kappa shape index (κ3) is 2.49. The van der Waals surface area contributed by atoms with Crippen LogP contribution in [0.25, 0.3) is 21.9 Å². The molecule has 2 aromatic heterocycles. The average molecular weight is 304 g/mol. The molecule has 1 unspecified atom stereocenters. The number of alkyl halides is 1. The number of hydrogen-bond donors (Lipinski definition) is 0. The summed E-state index contributed by atoms with van der Waals surface area (Å²) < 4.78 is 7.43. The van der Waals surface area contributed by atoms with Crippen molar-refractivity contribution in [3.63, 3.8) is 0 Å². The summed E-state index contributed by atoms with van der Waals surface area (Å²) in [6, 6.07) is 8.41. The molecule has 3 aromatic rings. The van der Waals surface area contributed by atoms with Crippen molar-refractivity contribution in [1.29, 1.82) is 0 Å². The minimum absolute atomic E-state index is 0.273. The first-order chi connectivity index (χ1) is 10.3. The Morgan fingerprint density at radius 1 is 1.29 bits per heavy atom. The molecule has 0 N–H and O–H groups in total. The Morgan fingerprint density at radius 2 is 2.10 bits per heavy atom. The fraction of sp³-hybridized carbons (Fsp3) is 0.375. The van der Waals surface area contributed by atoms with E-state index in [0.717, 1.165) is 34.2 Å². The van der Waals surface area contributed by atoms with Gasteiger partial charge >= 0.3 is 0 Å². The van der Waals surface area contributed by atoms with Crippen molar-refractivity contribution in [3.05, 3.63) is 36.3 Å². The molecular formula is C16H18ClN3O. The van der Waals surface area contributed by atoms with E-state index >= 15 is 0 Å². The summed E-state index contributed by atoms with van der Waals surface area (Å²) in [4.78, 5) is 9.11. The highest BCUT2D eigenvalue weighted by atomic mass is 35.5. The first-order valence-corrected chi connectivity index (χ1v) is 7.59. The topological polar surface area (TPSA) is 39.9 Å². The van der Waals surface area contributed by atoms with Gasteiger partial charge in [-0.25, -0.2) is 4.98 Å². The normalized spacial score (nSPS) is 13.1. The number of fused-ring (bicyclic) bond motifs is 3. The molecule has 0 spiro atoms. The van der Waals surface area contributed by atoms with Gasteiger partial charge in [0.1, 0.15) is 11.3 Å². The van der Waals surface area contributed by atoms with Crippen LogP contribution in [0, 0.1) is 0 Å². The predicted molar refractivity (Wildman–Crippen MR) is 85.8 cm³/mol. The number of imidazole rings is 1. The average Bonchev–Trinajstić information content (AvgIpc) is 2.91. The van der Waals surface area contributed by atoms with Crippen LogP contribution in [-0.2, 0) is 10.6 Å². The number of methoxy groups -OCH3 is 1. The molecule has 2 heterocycles. The monoisotopic (exact) mass is 303 g/mol. The van der Waals surface area contributed by atoms with E-state index in [1.165, 1.54) is 0 Å². The number of pyridine rings is 1. The molecule has 0 aliphatic heterocycles. The molecule has 0 saturated heterocycles. The first-order valence-electron chi connectivity index (χ1n) is 7.05. The van der Waals surface area contributed by atoms with E-state index in [-0.39, 0.29) is 6.04 Å². The lowest BCUT2D eigenvalue weighted by Gasteiger charge is -2.17. The minimum atomic E-state index is 0.273. The van der Waals surface area contributed by atoms with Crippen molar-refractivity contribution in [1.82, 2.24) is 14.5 Å². The third-order valence-electron chi connectivity index (χ3n) is 3.80. The number of hydrogen-bond acceptors (Lipinski definition) is 3. The molecule has 0 aliphatic carbocycles. The highest BCUT2D eigenvalue weighted by Gasteiger charge is 2.17. The van der Waals surface area contributed by atoms with Crippen LogP contribution in [-0.4, -0.2) is 28.3 Å². The van der Waals surface area contributed by atoms with E-state index in [0.29, 0.717) is 12.5 Å². The molecule has 3 rings (SSSR count). The van der Waals surface area contributed by atoms with Gasteiger partial charge < -0.3 is 9.30 Å². The number of ether oxygens (including phenoxy) is 1. The SMILES string of the molecule is COCCC(C)n1c(CCl)nc2cnc3ccccc3c21. The van der Waals surface area contributed by atoms with Gasteiger partial charge in [0.2, 0.25) is 0 Å². The standard InChI is InChI=1S/C16H18ClN3O/c1-11(7-8-21-2)20-15(9-17)19-14-10-18-13-6-4-3-5-12(13)16(14)20/h3-6,10-11H,7-9H2,1-2H3. The number of aromatic nitrogens is 3. The largest absolute Gasteiger partial charge is 0.385 e. The fourth-order valence-corrected chi connectivity index (χ4v) is 2.95. The quantitative estimate of drug-likeness (QED) is 0.671. The summed E-state index contributed by atoms with van der Waals surface area (Å²) in [7, 11) is 1.72. The smallest absolute Gasteiger partial charge is 0.125 e. The third-order valence-corrected chi connectivity index (χ3v) is 4.04. The van der Waals surface area contributed by atoms with Crippen molar-refractivity contribution in [2.24, 2.45) is 0 Å². The van der Waals surface area contributed by atoms with Crippen LogP contribution in [0.4, 0.5) is 0 Å². The van der Waals surface area contributed by atoms with Gasteiger partial charge in [-0.2, -0.15) is 0 Å².